The van der Waals surface area contributed by atoms with Crippen molar-refractivity contribution in [2.24, 2.45) is 0 Å². The predicted octanol–water partition coefficient (Wildman–Crippen LogP) is 1.71. The van der Waals surface area contributed by atoms with Crippen LogP contribution in [0.3, 0.4) is 0 Å². The van der Waals surface area contributed by atoms with Gasteiger partial charge in [-0.1, -0.05) is 18.2 Å². The molecule has 6 heteroatoms. The lowest BCUT2D eigenvalue weighted by atomic mass is 10.00. The van der Waals surface area contributed by atoms with Crippen LogP contribution in [0.1, 0.15) is 23.8 Å². The number of carbonyl (C=O) groups is 1. The summed E-state index contributed by atoms with van der Waals surface area (Å²) in [6.45, 7) is 0.649. The first-order valence-corrected chi connectivity index (χ1v) is 6.67. The summed E-state index contributed by atoms with van der Waals surface area (Å²) in [5, 5.41) is 11.9. The first-order chi connectivity index (χ1) is 10.1. The van der Waals surface area contributed by atoms with Gasteiger partial charge in [0, 0.05) is 18.3 Å². The summed E-state index contributed by atoms with van der Waals surface area (Å²) in [7, 11) is 0. The van der Waals surface area contributed by atoms with Gasteiger partial charge in [-0.05, 0) is 19.1 Å². The number of amides is 1. The number of carbonyl (C=O) groups excluding carboxylic acids is 1. The van der Waals surface area contributed by atoms with Crippen molar-refractivity contribution in [1.82, 2.24) is 14.9 Å². The summed E-state index contributed by atoms with van der Waals surface area (Å²) >= 11 is 0. The van der Waals surface area contributed by atoms with Crippen LogP contribution in [0.25, 0.3) is 5.69 Å². The molecule has 0 aliphatic heterocycles. The monoisotopic (exact) mass is 291 g/mol. The highest BCUT2D eigenvalue weighted by Gasteiger charge is 2.26. The third-order valence-corrected chi connectivity index (χ3v) is 3.28. The molecule has 0 aliphatic rings. The van der Waals surface area contributed by atoms with E-state index in [1.165, 1.54) is 6.33 Å². The maximum absolute atomic E-state index is 12.5. The molecule has 1 heterocycles. The molecule has 0 aliphatic carbocycles. The topological polar surface area (TPSA) is 67.2 Å². The Bertz CT molecular complexity index is 600. The molecular formula is C15H18FN3O2. The van der Waals surface area contributed by atoms with Crippen molar-refractivity contribution in [3.63, 3.8) is 0 Å². The number of aliphatic hydroxyl groups excluding tert-OH is 1. The molecule has 0 bridgehead atoms. The van der Waals surface area contributed by atoms with Gasteiger partial charge in [0.25, 0.3) is 5.91 Å². The summed E-state index contributed by atoms with van der Waals surface area (Å²) in [6, 6.07) is 9.46. The van der Waals surface area contributed by atoms with Gasteiger partial charge in [-0.3, -0.25) is 9.18 Å². The van der Waals surface area contributed by atoms with E-state index >= 15 is 0 Å². The largest absolute Gasteiger partial charge is 0.394 e. The van der Waals surface area contributed by atoms with E-state index in [4.69, 9.17) is 0 Å². The molecule has 1 aromatic carbocycles. The molecule has 1 atom stereocenters. The van der Waals surface area contributed by atoms with E-state index < -0.39 is 18.1 Å². The lowest BCUT2D eigenvalue weighted by molar-refractivity contribution is 0.0828. The van der Waals surface area contributed by atoms with Crippen molar-refractivity contribution >= 4 is 5.91 Å². The maximum atomic E-state index is 12.5. The minimum Gasteiger partial charge on any atom is -0.394 e. The van der Waals surface area contributed by atoms with E-state index in [9.17, 15) is 14.3 Å². The first kappa shape index (κ1) is 15.2. The van der Waals surface area contributed by atoms with Gasteiger partial charge in [0.15, 0.2) is 0 Å². The molecule has 2 N–H and O–H groups in total. The van der Waals surface area contributed by atoms with E-state index in [-0.39, 0.29) is 18.7 Å². The number of nitrogens with zero attached hydrogens (tertiary/aromatic N) is 2. The van der Waals surface area contributed by atoms with Crippen LogP contribution in [0.4, 0.5) is 4.39 Å². The van der Waals surface area contributed by atoms with Gasteiger partial charge in [0.1, 0.15) is 12.0 Å². The molecule has 1 unspecified atom stereocenters. The average Bonchev–Trinajstić information content (AvgIpc) is 2.98. The Morgan fingerprint density at radius 3 is 2.76 bits per heavy atom. The molecule has 21 heavy (non-hydrogen) atoms. The molecular weight excluding hydrogens is 273 g/mol. The Balaban J connectivity index is 2.12. The SMILES string of the molecule is CC(CO)(CCF)NC(=O)c1cn(-c2ccccc2)cn1. The van der Waals surface area contributed by atoms with Crippen LogP contribution in [0.5, 0.6) is 0 Å². The van der Waals surface area contributed by atoms with Crippen molar-refractivity contribution in [2.75, 3.05) is 13.3 Å². The van der Waals surface area contributed by atoms with Crippen LogP contribution in [-0.4, -0.2) is 39.4 Å². The van der Waals surface area contributed by atoms with Gasteiger partial charge < -0.3 is 15.0 Å². The quantitative estimate of drug-likeness (QED) is 0.851. The van der Waals surface area contributed by atoms with Gasteiger partial charge in [-0.25, -0.2) is 4.98 Å². The van der Waals surface area contributed by atoms with Crippen molar-refractivity contribution in [3.8, 4) is 5.69 Å². The summed E-state index contributed by atoms with van der Waals surface area (Å²) in [5.41, 5.74) is 0.123. The number of alkyl halides is 1. The van der Waals surface area contributed by atoms with Crippen LogP contribution in [-0.2, 0) is 0 Å². The van der Waals surface area contributed by atoms with Crippen molar-refractivity contribution in [1.29, 1.82) is 0 Å². The van der Waals surface area contributed by atoms with Gasteiger partial charge in [0.05, 0.1) is 18.8 Å². The minimum absolute atomic E-state index is 0.0502. The molecule has 0 spiro atoms. The highest BCUT2D eigenvalue weighted by molar-refractivity contribution is 5.92. The maximum Gasteiger partial charge on any atom is 0.271 e. The predicted molar refractivity (Wildman–Crippen MR) is 77.1 cm³/mol. The fourth-order valence-electron chi connectivity index (χ4n) is 1.91. The Hall–Kier alpha value is -2.21. The summed E-state index contributed by atoms with van der Waals surface area (Å²) in [6.07, 6.45) is 3.18. The molecule has 1 aromatic heterocycles. The fourth-order valence-corrected chi connectivity index (χ4v) is 1.91. The van der Waals surface area contributed by atoms with Crippen molar-refractivity contribution in [2.45, 2.75) is 18.9 Å². The third kappa shape index (κ3) is 3.66. The van der Waals surface area contributed by atoms with Crippen LogP contribution >= 0.6 is 0 Å². The molecule has 5 nitrogen and oxygen atoms in total. The zero-order chi connectivity index (χ0) is 15.3. The Morgan fingerprint density at radius 2 is 2.14 bits per heavy atom. The number of hydrogen-bond acceptors (Lipinski definition) is 3. The van der Waals surface area contributed by atoms with Crippen LogP contribution in [0.15, 0.2) is 42.9 Å². The Labute approximate surface area is 122 Å². The van der Waals surface area contributed by atoms with Gasteiger partial charge in [0.2, 0.25) is 0 Å². The lowest BCUT2D eigenvalue weighted by Gasteiger charge is -2.27. The van der Waals surface area contributed by atoms with Gasteiger partial charge >= 0.3 is 0 Å². The number of aliphatic hydroxyl groups is 1. The molecule has 2 aromatic rings. The second-order valence-electron chi connectivity index (χ2n) is 5.11. The smallest absolute Gasteiger partial charge is 0.271 e. The zero-order valence-electron chi connectivity index (χ0n) is 11.8. The third-order valence-electron chi connectivity index (χ3n) is 3.28. The van der Waals surface area contributed by atoms with Crippen molar-refractivity contribution < 1.29 is 14.3 Å². The van der Waals surface area contributed by atoms with E-state index in [0.717, 1.165) is 5.69 Å². The molecule has 0 saturated carbocycles. The molecule has 2 rings (SSSR count). The zero-order valence-corrected chi connectivity index (χ0v) is 11.8. The standard InChI is InChI=1S/C15H18FN3O2/c1-15(10-20,7-8-16)18-14(21)13-9-19(11-17-13)12-5-3-2-4-6-12/h2-6,9,11,20H,7-8,10H2,1H3,(H,18,21). The number of para-hydroxylation sites is 1. The Kier molecular flexibility index (Phi) is 4.70. The summed E-state index contributed by atoms with van der Waals surface area (Å²) in [4.78, 5) is 16.2. The van der Waals surface area contributed by atoms with E-state index in [2.05, 4.69) is 10.3 Å². The second kappa shape index (κ2) is 6.49. The molecule has 1 amide bonds. The lowest BCUT2D eigenvalue weighted by Crippen LogP contribution is -2.49. The first-order valence-electron chi connectivity index (χ1n) is 6.67. The second-order valence-corrected chi connectivity index (χ2v) is 5.11. The normalized spacial score (nSPS) is 13.7. The van der Waals surface area contributed by atoms with E-state index in [0.29, 0.717) is 0 Å². The summed E-state index contributed by atoms with van der Waals surface area (Å²) in [5.74, 6) is -0.435. The van der Waals surface area contributed by atoms with Gasteiger partial charge in [-0.2, -0.15) is 0 Å². The molecule has 0 fully saturated rings. The number of aromatic nitrogens is 2. The number of nitrogens with one attached hydrogen (secondary N) is 1. The number of halogens is 1. The number of rotatable bonds is 6. The van der Waals surface area contributed by atoms with E-state index in [1.807, 2.05) is 30.3 Å². The summed E-state index contributed by atoms with van der Waals surface area (Å²) < 4.78 is 14.2. The fraction of sp³-hybridized carbons (Fsp3) is 0.333. The number of hydrogen-bond donors (Lipinski definition) is 2. The molecule has 112 valence electrons. The van der Waals surface area contributed by atoms with Crippen LogP contribution < -0.4 is 5.32 Å². The van der Waals surface area contributed by atoms with E-state index in [1.54, 1.807) is 17.7 Å². The number of imidazole rings is 1. The molecule has 0 saturated heterocycles. The van der Waals surface area contributed by atoms with Crippen molar-refractivity contribution in [3.05, 3.63) is 48.5 Å². The van der Waals surface area contributed by atoms with Crippen LogP contribution in [0.2, 0.25) is 0 Å². The minimum atomic E-state index is -0.984. The molecule has 0 radical (unpaired) electrons. The number of benzene rings is 1. The van der Waals surface area contributed by atoms with Crippen LogP contribution in [0, 0.1) is 0 Å². The highest BCUT2D eigenvalue weighted by Crippen LogP contribution is 2.12. The average molecular weight is 291 g/mol. The highest BCUT2D eigenvalue weighted by atomic mass is 19.1. The van der Waals surface area contributed by atoms with Gasteiger partial charge in [-0.15, -0.1) is 0 Å². The Morgan fingerprint density at radius 1 is 1.43 bits per heavy atom.